The summed E-state index contributed by atoms with van der Waals surface area (Å²) in [6.07, 6.45) is -0.260. The summed E-state index contributed by atoms with van der Waals surface area (Å²) in [6, 6.07) is 19.6. The molecule has 1 atom stereocenters. The number of amides is 1. The van der Waals surface area contributed by atoms with Crippen molar-refractivity contribution in [2.24, 2.45) is 0 Å². The van der Waals surface area contributed by atoms with E-state index in [1.54, 1.807) is 66.7 Å². The maximum Gasteiger partial charge on any atom is 0.321 e. The summed E-state index contributed by atoms with van der Waals surface area (Å²) in [5, 5.41) is 19.1. The number of nitrogens with one attached hydrogen (secondary N) is 1. The van der Waals surface area contributed by atoms with Crippen LogP contribution >= 0.6 is 11.6 Å². The average molecular weight is 555 g/mol. The van der Waals surface area contributed by atoms with Crippen LogP contribution in [-0.2, 0) is 27.6 Å². The van der Waals surface area contributed by atoms with Gasteiger partial charge in [0.15, 0.2) is 15.1 Å². The fourth-order valence-corrected chi connectivity index (χ4v) is 5.62. The first-order chi connectivity index (χ1) is 18.1. The van der Waals surface area contributed by atoms with Crippen molar-refractivity contribution < 1.29 is 23.1 Å². The molecular formula is C26H23ClN4O6S. The molecule has 0 spiro atoms. The lowest BCUT2D eigenvalue weighted by molar-refractivity contribution is -0.136. The van der Waals surface area contributed by atoms with E-state index in [-0.39, 0.29) is 25.3 Å². The quantitative estimate of drug-likeness (QED) is 0.303. The van der Waals surface area contributed by atoms with E-state index in [0.29, 0.717) is 32.7 Å². The molecule has 12 heteroatoms. The number of carbonyl (C=O) groups excluding carboxylic acids is 1. The number of aryl methyl sites for hydroxylation is 2. The molecule has 0 aliphatic carbocycles. The van der Waals surface area contributed by atoms with Gasteiger partial charge in [-0.05, 0) is 60.9 Å². The molecule has 0 aliphatic rings. The van der Waals surface area contributed by atoms with Gasteiger partial charge in [-0.15, -0.1) is 5.10 Å². The number of hydrogen-bond donors (Lipinski definition) is 2. The smallest absolute Gasteiger partial charge is 0.321 e. The molecular weight excluding hydrogens is 532 g/mol. The second-order valence-electron chi connectivity index (χ2n) is 8.53. The number of hydrogen-bond acceptors (Lipinski definition) is 7. The number of fused-ring (bicyclic) bond motifs is 1. The van der Waals surface area contributed by atoms with E-state index in [4.69, 9.17) is 11.6 Å². The minimum atomic E-state index is -4.06. The summed E-state index contributed by atoms with van der Waals surface area (Å²) < 4.78 is 26.8. The third kappa shape index (κ3) is 6.42. The monoisotopic (exact) mass is 554 g/mol. The van der Waals surface area contributed by atoms with Crippen LogP contribution in [0, 0.1) is 0 Å². The lowest BCUT2D eigenvalue weighted by Gasteiger charge is -2.14. The molecule has 0 saturated carbocycles. The number of benzene rings is 3. The standard InChI is InChI=1S/C26H23ClN4O6S/c27-19-5-3-4-18(16-19)24(32)28-20-10-8-17(9-11-20)13-15-38(36,37)23(26(34)35)12-14-31-25(33)21-6-1-2-7-22(21)29-30-31/h1-11,16,23H,12-15H2,(H,28,32)(H,34,35). The van der Waals surface area contributed by atoms with Crippen LogP contribution in [0.4, 0.5) is 5.69 Å². The highest BCUT2D eigenvalue weighted by molar-refractivity contribution is 7.92. The zero-order valence-corrected chi connectivity index (χ0v) is 21.5. The van der Waals surface area contributed by atoms with E-state index < -0.39 is 32.4 Å². The van der Waals surface area contributed by atoms with E-state index in [1.807, 2.05) is 0 Å². The van der Waals surface area contributed by atoms with Gasteiger partial charge in [-0.3, -0.25) is 14.4 Å². The molecule has 0 saturated heterocycles. The van der Waals surface area contributed by atoms with E-state index in [1.165, 1.54) is 6.07 Å². The normalized spacial score (nSPS) is 12.2. The van der Waals surface area contributed by atoms with Gasteiger partial charge >= 0.3 is 5.97 Å². The Hall–Kier alpha value is -4.09. The Bertz CT molecular complexity index is 1650. The Labute approximate surface area is 222 Å². The first-order valence-corrected chi connectivity index (χ1v) is 13.7. The number of sulfone groups is 1. The third-order valence-corrected chi connectivity index (χ3v) is 8.23. The number of nitrogens with zero attached hydrogens (tertiary/aromatic N) is 3. The summed E-state index contributed by atoms with van der Waals surface area (Å²) in [5.41, 5.74) is 1.47. The molecule has 1 unspecified atom stereocenters. The number of carbonyl (C=O) groups is 2. The van der Waals surface area contributed by atoms with Crippen LogP contribution in [-0.4, -0.2) is 51.4 Å². The van der Waals surface area contributed by atoms with Crippen molar-refractivity contribution in [3.8, 4) is 0 Å². The van der Waals surface area contributed by atoms with Gasteiger partial charge in [0.25, 0.3) is 11.5 Å². The van der Waals surface area contributed by atoms with Gasteiger partial charge in [-0.25, -0.2) is 13.1 Å². The van der Waals surface area contributed by atoms with Crippen molar-refractivity contribution in [3.05, 3.63) is 99.3 Å². The fourth-order valence-electron chi connectivity index (χ4n) is 3.86. The number of rotatable bonds is 10. The van der Waals surface area contributed by atoms with Crippen molar-refractivity contribution >= 4 is 49.9 Å². The maximum atomic E-state index is 12.9. The van der Waals surface area contributed by atoms with Crippen molar-refractivity contribution in [3.63, 3.8) is 0 Å². The third-order valence-electron chi connectivity index (χ3n) is 5.92. The van der Waals surface area contributed by atoms with Gasteiger partial charge in [-0.2, -0.15) is 0 Å². The Kier molecular flexibility index (Phi) is 8.18. The van der Waals surface area contributed by atoms with Crippen LogP contribution in [0.15, 0.2) is 77.6 Å². The van der Waals surface area contributed by atoms with Crippen molar-refractivity contribution in [2.45, 2.75) is 24.6 Å². The number of aliphatic carboxylic acids is 1. The highest BCUT2D eigenvalue weighted by Gasteiger charge is 2.32. The predicted molar refractivity (Wildman–Crippen MR) is 143 cm³/mol. The van der Waals surface area contributed by atoms with Crippen molar-refractivity contribution in [1.29, 1.82) is 0 Å². The number of anilines is 1. The molecule has 4 aromatic rings. The molecule has 3 aromatic carbocycles. The first-order valence-electron chi connectivity index (χ1n) is 11.6. The van der Waals surface area contributed by atoms with Crippen LogP contribution in [0.1, 0.15) is 22.3 Å². The predicted octanol–water partition coefficient (Wildman–Crippen LogP) is 3.20. The molecule has 0 bridgehead atoms. The van der Waals surface area contributed by atoms with Crippen LogP contribution < -0.4 is 10.9 Å². The fraction of sp³-hybridized carbons (Fsp3) is 0.192. The van der Waals surface area contributed by atoms with Gasteiger partial charge in [0.1, 0.15) is 5.52 Å². The molecule has 196 valence electrons. The zero-order valence-electron chi connectivity index (χ0n) is 20.0. The van der Waals surface area contributed by atoms with E-state index >= 15 is 0 Å². The summed E-state index contributed by atoms with van der Waals surface area (Å²) in [4.78, 5) is 36.8. The Balaban J connectivity index is 1.38. The molecule has 1 amide bonds. The highest BCUT2D eigenvalue weighted by atomic mass is 35.5. The van der Waals surface area contributed by atoms with Gasteiger partial charge in [0.05, 0.1) is 11.1 Å². The lowest BCUT2D eigenvalue weighted by Crippen LogP contribution is -2.35. The minimum Gasteiger partial charge on any atom is -0.480 e. The highest BCUT2D eigenvalue weighted by Crippen LogP contribution is 2.17. The van der Waals surface area contributed by atoms with E-state index in [9.17, 15) is 27.9 Å². The van der Waals surface area contributed by atoms with Gasteiger partial charge in [0, 0.05) is 22.8 Å². The largest absolute Gasteiger partial charge is 0.480 e. The summed E-state index contributed by atoms with van der Waals surface area (Å²) in [5.74, 6) is -2.25. The first kappa shape index (κ1) is 27.0. The zero-order chi connectivity index (χ0) is 27.3. The number of carboxylic acid groups (broad SMARTS) is 1. The molecule has 1 heterocycles. The van der Waals surface area contributed by atoms with Gasteiger partial charge in [-0.1, -0.05) is 47.1 Å². The summed E-state index contributed by atoms with van der Waals surface area (Å²) in [6.45, 7) is -0.214. The molecule has 0 fully saturated rings. The summed E-state index contributed by atoms with van der Waals surface area (Å²) >= 11 is 5.92. The van der Waals surface area contributed by atoms with Crippen LogP contribution in [0.5, 0.6) is 0 Å². The molecule has 4 rings (SSSR count). The Morgan fingerprint density at radius 1 is 1.03 bits per heavy atom. The number of halogens is 1. The van der Waals surface area contributed by atoms with Gasteiger partial charge < -0.3 is 10.4 Å². The van der Waals surface area contributed by atoms with E-state index in [2.05, 4.69) is 15.6 Å². The number of carboxylic acids is 1. The molecule has 0 radical (unpaired) electrons. The Morgan fingerprint density at radius 2 is 1.76 bits per heavy atom. The topological polar surface area (TPSA) is 148 Å². The van der Waals surface area contributed by atoms with Crippen molar-refractivity contribution in [1.82, 2.24) is 15.0 Å². The average Bonchev–Trinajstić information content (AvgIpc) is 2.89. The maximum absolute atomic E-state index is 12.9. The van der Waals surface area contributed by atoms with Crippen LogP contribution in [0.2, 0.25) is 5.02 Å². The Morgan fingerprint density at radius 3 is 2.47 bits per heavy atom. The molecule has 0 aliphatic heterocycles. The number of aromatic nitrogens is 3. The second-order valence-corrected chi connectivity index (χ2v) is 11.3. The van der Waals surface area contributed by atoms with E-state index in [0.717, 1.165) is 4.68 Å². The molecule has 38 heavy (non-hydrogen) atoms. The summed E-state index contributed by atoms with van der Waals surface area (Å²) in [7, 11) is -4.06. The van der Waals surface area contributed by atoms with Crippen molar-refractivity contribution in [2.75, 3.05) is 11.1 Å². The minimum absolute atomic E-state index is 0.0738. The SMILES string of the molecule is O=C(Nc1ccc(CCS(=O)(=O)C(CCn2nnc3ccccc3c2=O)C(=O)O)cc1)c1cccc(Cl)c1. The molecule has 10 nitrogen and oxygen atoms in total. The van der Waals surface area contributed by atoms with Crippen LogP contribution in [0.25, 0.3) is 10.9 Å². The lowest BCUT2D eigenvalue weighted by atomic mass is 10.1. The van der Waals surface area contributed by atoms with Gasteiger partial charge in [0.2, 0.25) is 0 Å². The molecule has 2 N–H and O–H groups in total. The van der Waals surface area contributed by atoms with Crippen LogP contribution in [0.3, 0.4) is 0 Å². The molecule has 1 aromatic heterocycles. The second kappa shape index (κ2) is 11.5.